The minimum absolute atomic E-state index is 0.571. The van der Waals surface area contributed by atoms with E-state index in [-0.39, 0.29) is 0 Å². The summed E-state index contributed by atoms with van der Waals surface area (Å²) >= 11 is 0. The lowest BCUT2D eigenvalue weighted by Crippen LogP contribution is -2.46. The molecule has 0 spiro atoms. The van der Waals surface area contributed by atoms with Crippen molar-refractivity contribution in [1.29, 1.82) is 0 Å². The first-order valence-electron chi connectivity index (χ1n) is 7.41. The second-order valence-electron chi connectivity index (χ2n) is 7.18. The van der Waals surface area contributed by atoms with Crippen LogP contribution in [0, 0.1) is 11.3 Å². The Morgan fingerprint density at radius 3 is 2.65 bits per heavy atom. The minimum Gasteiger partial charge on any atom is -0.312 e. The average Bonchev–Trinajstić information content (AvgIpc) is 2.62. The molecule has 17 heavy (non-hydrogen) atoms. The van der Waals surface area contributed by atoms with Crippen LogP contribution in [0.25, 0.3) is 0 Å². The fourth-order valence-corrected chi connectivity index (χ4v) is 3.77. The molecule has 3 atom stereocenters. The van der Waals surface area contributed by atoms with Gasteiger partial charge >= 0.3 is 0 Å². The zero-order valence-corrected chi connectivity index (χ0v) is 12.1. The number of nitrogens with one attached hydrogen (secondary N) is 1. The van der Waals surface area contributed by atoms with Crippen molar-refractivity contribution in [3.05, 3.63) is 0 Å². The second kappa shape index (κ2) is 5.27. The largest absolute Gasteiger partial charge is 0.312 e. The number of hydrogen-bond donors (Lipinski definition) is 1. The van der Waals surface area contributed by atoms with E-state index in [0.29, 0.717) is 5.41 Å². The van der Waals surface area contributed by atoms with Gasteiger partial charge in [-0.1, -0.05) is 20.8 Å². The molecule has 1 saturated heterocycles. The summed E-state index contributed by atoms with van der Waals surface area (Å²) in [6, 6.07) is 1.55. The number of likely N-dealkylation sites (tertiary alicyclic amines) is 1. The van der Waals surface area contributed by atoms with Gasteiger partial charge in [0.1, 0.15) is 0 Å². The van der Waals surface area contributed by atoms with Gasteiger partial charge in [0, 0.05) is 18.6 Å². The lowest BCUT2D eigenvalue weighted by molar-refractivity contribution is 0.143. The number of likely N-dealkylation sites (N-methyl/N-ethyl adjacent to an activating group) is 1. The molecule has 0 aromatic rings. The van der Waals surface area contributed by atoms with Crippen LogP contribution in [0.2, 0.25) is 0 Å². The highest BCUT2D eigenvalue weighted by Crippen LogP contribution is 2.38. The molecular weight excluding hydrogens is 208 g/mol. The zero-order chi connectivity index (χ0) is 12.5. The molecule has 2 heteroatoms. The molecule has 0 radical (unpaired) electrons. The molecule has 1 aliphatic carbocycles. The van der Waals surface area contributed by atoms with Gasteiger partial charge in [-0.15, -0.1) is 0 Å². The highest BCUT2D eigenvalue weighted by atomic mass is 15.2. The number of rotatable bonds is 3. The monoisotopic (exact) mass is 238 g/mol. The number of hydrogen-bond acceptors (Lipinski definition) is 2. The minimum atomic E-state index is 0.571. The standard InChI is InChI=1S/C15H30N2/c1-12-10-15(2,3)8-7-14(12)16-11-13-6-5-9-17(13)4/h12-14,16H,5-11H2,1-4H3. The summed E-state index contributed by atoms with van der Waals surface area (Å²) in [6.45, 7) is 9.76. The average molecular weight is 238 g/mol. The second-order valence-corrected chi connectivity index (χ2v) is 7.18. The first-order valence-corrected chi connectivity index (χ1v) is 7.41. The lowest BCUT2D eigenvalue weighted by Gasteiger charge is -2.40. The van der Waals surface area contributed by atoms with Crippen molar-refractivity contribution in [2.45, 2.75) is 65.0 Å². The fourth-order valence-electron chi connectivity index (χ4n) is 3.77. The molecule has 1 heterocycles. The molecule has 1 aliphatic heterocycles. The molecule has 2 nitrogen and oxygen atoms in total. The van der Waals surface area contributed by atoms with Crippen LogP contribution in [0.5, 0.6) is 0 Å². The van der Waals surface area contributed by atoms with Crippen LogP contribution in [0.15, 0.2) is 0 Å². The van der Waals surface area contributed by atoms with Gasteiger partial charge in [0.15, 0.2) is 0 Å². The van der Waals surface area contributed by atoms with E-state index in [0.717, 1.165) is 18.0 Å². The molecule has 0 amide bonds. The molecule has 100 valence electrons. The van der Waals surface area contributed by atoms with Crippen molar-refractivity contribution in [3.8, 4) is 0 Å². The Kier molecular flexibility index (Phi) is 4.14. The third-order valence-corrected chi connectivity index (χ3v) is 4.98. The molecule has 1 saturated carbocycles. The molecule has 0 bridgehead atoms. The number of nitrogens with zero attached hydrogens (tertiary/aromatic N) is 1. The summed E-state index contributed by atoms with van der Waals surface area (Å²) in [6.07, 6.45) is 6.90. The first kappa shape index (κ1) is 13.4. The Morgan fingerprint density at radius 2 is 2.06 bits per heavy atom. The summed E-state index contributed by atoms with van der Waals surface area (Å²) in [5.74, 6) is 0.838. The van der Waals surface area contributed by atoms with E-state index in [2.05, 4.69) is 38.0 Å². The van der Waals surface area contributed by atoms with Crippen LogP contribution in [0.4, 0.5) is 0 Å². The van der Waals surface area contributed by atoms with Gasteiger partial charge in [0.2, 0.25) is 0 Å². The van der Waals surface area contributed by atoms with Crippen molar-refractivity contribution >= 4 is 0 Å². The van der Waals surface area contributed by atoms with Crippen LogP contribution >= 0.6 is 0 Å². The van der Waals surface area contributed by atoms with Gasteiger partial charge in [-0.2, -0.15) is 0 Å². The summed E-state index contributed by atoms with van der Waals surface area (Å²) < 4.78 is 0. The molecule has 1 N–H and O–H groups in total. The third-order valence-electron chi connectivity index (χ3n) is 4.98. The van der Waals surface area contributed by atoms with Gasteiger partial charge in [-0.05, 0) is 57.0 Å². The highest BCUT2D eigenvalue weighted by molar-refractivity contribution is 4.88. The lowest BCUT2D eigenvalue weighted by atomic mass is 9.70. The van der Waals surface area contributed by atoms with Crippen LogP contribution in [-0.4, -0.2) is 37.1 Å². The topological polar surface area (TPSA) is 15.3 Å². The van der Waals surface area contributed by atoms with Crippen LogP contribution < -0.4 is 5.32 Å². The SMILES string of the molecule is CC1CC(C)(C)CCC1NCC1CCCN1C. The Labute approximate surface area is 107 Å². The summed E-state index contributed by atoms with van der Waals surface area (Å²) in [4.78, 5) is 2.52. The molecule has 2 fully saturated rings. The first-order chi connectivity index (χ1) is 7.98. The predicted molar refractivity (Wildman–Crippen MR) is 74.2 cm³/mol. The van der Waals surface area contributed by atoms with Crippen LogP contribution in [-0.2, 0) is 0 Å². The van der Waals surface area contributed by atoms with E-state index in [1.54, 1.807) is 0 Å². The third kappa shape index (κ3) is 3.45. The van der Waals surface area contributed by atoms with E-state index in [1.165, 1.54) is 45.2 Å². The molecule has 2 aliphatic rings. The van der Waals surface area contributed by atoms with E-state index in [9.17, 15) is 0 Å². The van der Waals surface area contributed by atoms with Crippen molar-refractivity contribution in [1.82, 2.24) is 10.2 Å². The van der Waals surface area contributed by atoms with Crippen molar-refractivity contribution in [2.24, 2.45) is 11.3 Å². The molecule has 0 aromatic heterocycles. The fraction of sp³-hybridized carbons (Fsp3) is 1.00. The van der Waals surface area contributed by atoms with E-state index in [4.69, 9.17) is 0 Å². The maximum Gasteiger partial charge on any atom is 0.0218 e. The van der Waals surface area contributed by atoms with Crippen molar-refractivity contribution < 1.29 is 0 Å². The van der Waals surface area contributed by atoms with Gasteiger partial charge in [-0.3, -0.25) is 0 Å². The zero-order valence-electron chi connectivity index (χ0n) is 12.1. The van der Waals surface area contributed by atoms with Gasteiger partial charge < -0.3 is 10.2 Å². The summed E-state index contributed by atoms with van der Waals surface area (Å²) in [5, 5.41) is 3.84. The van der Waals surface area contributed by atoms with E-state index < -0.39 is 0 Å². The Balaban J connectivity index is 1.76. The summed E-state index contributed by atoms with van der Waals surface area (Å²) in [7, 11) is 2.27. The van der Waals surface area contributed by atoms with Gasteiger partial charge in [0.25, 0.3) is 0 Å². The molecule has 2 rings (SSSR count). The smallest absolute Gasteiger partial charge is 0.0218 e. The Hall–Kier alpha value is -0.0800. The quantitative estimate of drug-likeness (QED) is 0.813. The predicted octanol–water partition coefficient (Wildman–Crippen LogP) is 2.89. The van der Waals surface area contributed by atoms with Gasteiger partial charge in [-0.25, -0.2) is 0 Å². The molecule has 3 unspecified atom stereocenters. The van der Waals surface area contributed by atoms with Crippen molar-refractivity contribution in [2.75, 3.05) is 20.1 Å². The van der Waals surface area contributed by atoms with Crippen LogP contribution in [0.1, 0.15) is 52.9 Å². The van der Waals surface area contributed by atoms with E-state index in [1.807, 2.05) is 0 Å². The molecular formula is C15H30N2. The maximum atomic E-state index is 3.84. The van der Waals surface area contributed by atoms with Crippen molar-refractivity contribution in [3.63, 3.8) is 0 Å². The summed E-state index contributed by atoms with van der Waals surface area (Å²) in [5.41, 5.74) is 0.571. The normalized spacial score (nSPS) is 38.5. The Bertz CT molecular complexity index is 249. The Morgan fingerprint density at radius 1 is 1.29 bits per heavy atom. The van der Waals surface area contributed by atoms with E-state index >= 15 is 0 Å². The maximum absolute atomic E-state index is 3.84. The van der Waals surface area contributed by atoms with Crippen LogP contribution in [0.3, 0.4) is 0 Å². The highest BCUT2D eigenvalue weighted by Gasteiger charge is 2.32. The molecule has 0 aromatic carbocycles. The van der Waals surface area contributed by atoms with Gasteiger partial charge in [0.05, 0.1) is 0 Å².